The minimum Gasteiger partial charge on any atom is -0.355 e. The second-order valence-electron chi connectivity index (χ2n) is 7.77. The van der Waals surface area contributed by atoms with Gasteiger partial charge in [-0.3, -0.25) is 9.59 Å². The molecule has 2 aromatic heterocycles. The van der Waals surface area contributed by atoms with Crippen LogP contribution in [0.4, 0.5) is 0 Å². The summed E-state index contributed by atoms with van der Waals surface area (Å²) in [6.07, 6.45) is -0.557. The highest BCUT2D eigenvalue weighted by Crippen LogP contribution is 2.32. The molecule has 10 heteroatoms. The van der Waals surface area contributed by atoms with Gasteiger partial charge in [-0.1, -0.05) is 34.3 Å². The summed E-state index contributed by atoms with van der Waals surface area (Å²) in [5, 5.41) is 7.71. The number of ether oxygens (including phenoxy) is 1. The number of nitrogens with one attached hydrogen (secondary N) is 1. The van der Waals surface area contributed by atoms with Crippen LogP contribution in [0.15, 0.2) is 42.5 Å². The lowest BCUT2D eigenvalue weighted by molar-refractivity contribution is 0.0277. The lowest BCUT2D eigenvalue weighted by Gasteiger charge is -2.23. The molecular formula is C23H21N5O3S2. The summed E-state index contributed by atoms with van der Waals surface area (Å²) in [7, 11) is 0. The number of nitrogens with zero attached hydrogens (tertiary/aromatic N) is 4. The van der Waals surface area contributed by atoms with Crippen LogP contribution in [0.3, 0.4) is 0 Å². The topological polar surface area (TPSA) is 97.3 Å². The van der Waals surface area contributed by atoms with E-state index in [1.807, 2.05) is 38.1 Å². The largest absolute Gasteiger partial charge is 0.355 e. The van der Waals surface area contributed by atoms with Gasteiger partial charge in [-0.05, 0) is 49.1 Å². The first-order valence-corrected chi connectivity index (χ1v) is 12.1. The second kappa shape index (κ2) is 8.97. The van der Waals surface area contributed by atoms with Crippen LogP contribution in [-0.4, -0.2) is 57.2 Å². The molecule has 168 valence electrons. The Morgan fingerprint density at radius 2 is 2.09 bits per heavy atom. The quantitative estimate of drug-likeness (QED) is 0.469. The van der Waals surface area contributed by atoms with Crippen molar-refractivity contribution in [1.29, 1.82) is 0 Å². The second-order valence-corrected chi connectivity index (χ2v) is 9.76. The predicted octanol–water partition coefficient (Wildman–Crippen LogP) is 3.66. The highest BCUT2D eigenvalue weighted by Gasteiger charge is 2.33. The van der Waals surface area contributed by atoms with E-state index in [1.165, 1.54) is 22.9 Å². The molecule has 3 heterocycles. The van der Waals surface area contributed by atoms with Gasteiger partial charge in [0, 0.05) is 12.1 Å². The Hall–Kier alpha value is -3.21. The summed E-state index contributed by atoms with van der Waals surface area (Å²) in [6.45, 7) is 4.95. The number of carbonyl (C=O) groups excluding carboxylic acids is 2. The lowest BCUT2D eigenvalue weighted by Crippen LogP contribution is -2.44. The number of amides is 2. The van der Waals surface area contributed by atoms with Gasteiger partial charge in [0.05, 0.1) is 27.7 Å². The van der Waals surface area contributed by atoms with Crippen LogP contribution in [0, 0.1) is 13.8 Å². The molecule has 1 aliphatic heterocycles. The molecule has 1 atom stereocenters. The first-order chi connectivity index (χ1) is 16.0. The van der Waals surface area contributed by atoms with Crippen molar-refractivity contribution in [2.75, 3.05) is 19.7 Å². The molecule has 0 bridgehead atoms. The molecule has 33 heavy (non-hydrogen) atoms. The van der Waals surface area contributed by atoms with Crippen molar-refractivity contribution in [1.82, 2.24) is 24.8 Å². The normalized spacial score (nSPS) is 15.8. The van der Waals surface area contributed by atoms with Crippen molar-refractivity contribution in [2.24, 2.45) is 0 Å². The molecule has 0 radical (unpaired) electrons. The maximum absolute atomic E-state index is 13.4. The van der Waals surface area contributed by atoms with Crippen LogP contribution in [0.5, 0.6) is 0 Å². The van der Waals surface area contributed by atoms with Gasteiger partial charge in [-0.25, -0.2) is 4.98 Å². The van der Waals surface area contributed by atoms with Gasteiger partial charge < -0.3 is 15.0 Å². The van der Waals surface area contributed by atoms with E-state index in [-0.39, 0.29) is 18.4 Å². The van der Waals surface area contributed by atoms with Crippen molar-refractivity contribution < 1.29 is 14.3 Å². The van der Waals surface area contributed by atoms with Crippen LogP contribution in [0.2, 0.25) is 0 Å². The van der Waals surface area contributed by atoms with Gasteiger partial charge in [-0.15, -0.1) is 16.4 Å². The van der Waals surface area contributed by atoms with E-state index >= 15 is 0 Å². The molecule has 1 aliphatic rings. The standard InChI is InChI=1S/C23H21N5O3S2/c1-13-4-3-5-15(10-13)21-20(25-14(2)32-21)23(30)28-8-9-31-19(28)12-24-22(29)16-6-7-18-17(11-16)26-27-33-18/h3-7,10-11,19H,8-9,12H2,1-2H3,(H,24,29). The molecule has 0 spiro atoms. The van der Waals surface area contributed by atoms with E-state index in [1.54, 1.807) is 17.0 Å². The number of rotatable bonds is 5. The van der Waals surface area contributed by atoms with Gasteiger partial charge >= 0.3 is 0 Å². The fraction of sp³-hybridized carbons (Fsp3) is 0.261. The zero-order valence-corrected chi connectivity index (χ0v) is 19.7. The molecule has 0 aliphatic carbocycles. The minimum absolute atomic E-state index is 0.181. The molecule has 2 amide bonds. The molecule has 1 saturated heterocycles. The third-order valence-electron chi connectivity index (χ3n) is 5.41. The van der Waals surface area contributed by atoms with E-state index in [2.05, 4.69) is 26.0 Å². The summed E-state index contributed by atoms with van der Waals surface area (Å²) in [4.78, 5) is 33.1. The van der Waals surface area contributed by atoms with Crippen LogP contribution in [0.25, 0.3) is 20.7 Å². The zero-order chi connectivity index (χ0) is 22.9. The molecule has 2 aromatic carbocycles. The Labute approximate surface area is 198 Å². The molecular weight excluding hydrogens is 458 g/mol. The molecule has 8 nitrogen and oxygen atoms in total. The van der Waals surface area contributed by atoms with Gasteiger partial charge in [0.15, 0.2) is 0 Å². The fourth-order valence-electron chi connectivity index (χ4n) is 3.82. The summed E-state index contributed by atoms with van der Waals surface area (Å²) < 4.78 is 10.6. The molecule has 0 saturated carbocycles. The number of aromatic nitrogens is 3. The van der Waals surface area contributed by atoms with Crippen molar-refractivity contribution in [2.45, 2.75) is 20.1 Å². The monoisotopic (exact) mass is 479 g/mol. The number of thiazole rings is 1. The Morgan fingerprint density at radius 1 is 1.21 bits per heavy atom. The smallest absolute Gasteiger partial charge is 0.276 e. The van der Waals surface area contributed by atoms with Crippen molar-refractivity contribution in [3.05, 3.63) is 64.3 Å². The third-order valence-corrected chi connectivity index (χ3v) is 7.14. The van der Waals surface area contributed by atoms with Gasteiger partial charge in [0.2, 0.25) is 0 Å². The van der Waals surface area contributed by atoms with E-state index in [0.29, 0.717) is 29.9 Å². The number of carbonyl (C=O) groups is 2. The van der Waals surface area contributed by atoms with Gasteiger partial charge in [0.1, 0.15) is 17.4 Å². The summed E-state index contributed by atoms with van der Waals surface area (Å²) >= 11 is 2.79. The SMILES string of the molecule is Cc1cccc(-c2sc(C)nc2C(=O)N2CCOC2CNC(=O)c2ccc3snnc3c2)c1. The number of fused-ring (bicyclic) bond motifs is 1. The summed E-state index contributed by atoms with van der Waals surface area (Å²) in [5.74, 6) is -0.444. The maximum Gasteiger partial charge on any atom is 0.276 e. The maximum atomic E-state index is 13.4. The number of benzene rings is 2. The van der Waals surface area contributed by atoms with E-state index < -0.39 is 6.23 Å². The Morgan fingerprint density at radius 3 is 2.94 bits per heavy atom. The van der Waals surface area contributed by atoms with E-state index in [9.17, 15) is 9.59 Å². The third kappa shape index (κ3) is 4.37. The van der Waals surface area contributed by atoms with Crippen molar-refractivity contribution in [3.63, 3.8) is 0 Å². The Bertz CT molecular complexity index is 1350. The number of aryl methyl sites for hydroxylation is 2. The van der Waals surface area contributed by atoms with Crippen molar-refractivity contribution in [3.8, 4) is 10.4 Å². The molecule has 1 unspecified atom stereocenters. The lowest BCUT2D eigenvalue weighted by atomic mass is 10.1. The molecule has 1 fully saturated rings. The van der Waals surface area contributed by atoms with Crippen molar-refractivity contribution >= 4 is 44.9 Å². The molecule has 4 aromatic rings. The van der Waals surface area contributed by atoms with Crippen LogP contribution < -0.4 is 5.32 Å². The van der Waals surface area contributed by atoms with E-state index in [0.717, 1.165) is 25.7 Å². The fourth-order valence-corrected chi connectivity index (χ4v) is 5.26. The first kappa shape index (κ1) is 21.6. The average molecular weight is 480 g/mol. The molecule has 5 rings (SSSR count). The van der Waals surface area contributed by atoms with E-state index in [4.69, 9.17) is 4.74 Å². The predicted molar refractivity (Wildman–Crippen MR) is 128 cm³/mol. The molecule has 1 N–H and O–H groups in total. The van der Waals surface area contributed by atoms with Crippen LogP contribution in [-0.2, 0) is 4.74 Å². The Kier molecular flexibility index (Phi) is 5.88. The Balaban J connectivity index is 1.31. The highest BCUT2D eigenvalue weighted by atomic mass is 32.1. The average Bonchev–Trinajstić information content (AvgIpc) is 3.55. The van der Waals surface area contributed by atoms with Crippen LogP contribution in [0.1, 0.15) is 31.4 Å². The minimum atomic E-state index is -0.557. The first-order valence-electron chi connectivity index (χ1n) is 10.5. The van der Waals surface area contributed by atoms with Crippen LogP contribution >= 0.6 is 22.9 Å². The summed E-state index contributed by atoms with van der Waals surface area (Å²) in [6, 6.07) is 13.3. The number of hydrogen-bond donors (Lipinski definition) is 1. The van der Waals surface area contributed by atoms with Gasteiger partial charge in [0.25, 0.3) is 11.8 Å². The summed E-state index contributed by atoms with van der Waals surface area (Å²) in [5.41, 5.74) is 3.69. The zero-order valence-electron chi connectivity index (χ0n) is 18.1. The van der Waals surface area contributed by atoms with Gasteiger partial charge in [-0.2, -0.15) is 0 Å². The highest BCUT2D eigenvalue weighted by molar-refractivity contribution is 7.15. The number of hydrogen-bond acceptors (Lipinski definition) is 8.